The molecule has 0 heterocycles. The minimum absolute atomic E-state index is 0.0708. The lowest BCUT2D eigenvalue weighted by Gasteiger charge is -1.96. The number of alkyl halides is 1. The first-order chi connectivity index (χ1) is 7.15. The molecule has 0 saturated heterocycles. The van der Waals surface area contributed by atoms with Gasteiger partial charge in [-0.3, -0.25) is 0 Å². The van der Waals surface area contributed by atoms with E-state index in [9.17, 15) is 9.18 Å². The van der Waals surface area contributed by atoms with E-state index in [-0.39, 0.29) is 11.1 Å². The van der Waals surface area contributed by atoms with Crippen LogP contribution in [-0.4, -0.2) is 16.4 Å². The Morgan fingerprint density at radius 1 is 1.53 bits per heavy atom. The predicted octanol–water partition coefficient (Wildman–Crippen LogP) is 2.66. The van der Waals surface area contributed by atoms with Crippen LogP contribution in [-0.2, 0) is 0 Å². The second-order valence-corrected chi connectivity index (χ2v) is 3.53. The van der Waals surface area contributed by atoms with Crippen molar-refractivity contribution in [1.29, 1.82) is 0 Å². The number of hydrogen-bond acceptors (Lipinski definition) is 1. The molecule has 2 nitrogen and oxygen atoms in total. The Kier molecular flexibility index (Phi) is 4.32. The van der Waals surface area contributed by atoms with Crippen LogP contribution >= 0.6 is 15.9 Å². The Hall–Kier alpha value is -1.34. The van der Waals surface area contributed by atoms with Crippen molar-refractivity contribution in [2.24, 2.45) is 0 Å². The first-order valence-electron chi connectivity index (χ1n) is 4.23. The maximum absolute atomic E-state index is 13.3. The molecule has 0 bridgehead atoms. The Bertz CT molecular complexity index is 432. The zero-order valence-corrected chi connectivity index (χ0v) is 9.34. The molecule has 0 aliphatic heterocycles. The molecule has 0 saturated carbocycles. The SMILES string of the molecule is O=C(O)c1ccc(C#CCCBr)c(F)c1. The van der Waals surface area contributed by atoms with Crippen molar-refractivity contribution in [2.45, 2.75) is 6.42 Å². The molecule has 0 atom stereocenters. The number of benzene rings is 1. The number of carbonyl (C=O) groups is 1. The van der Waals surface area contributed by atoms with Crippen LogP contribution < -0.4 is 0 Å². The topological polar surface area (TPSA) is 37.3 Å². The van der Waals surface area contributed by atoms with Gasteiger partial charge < -0.3 is 5.11 Å². The van der Waals surface area contributed by atoms with E-state index in [0.29, 0.717) is 6.42 Å². The zero-order chi connectivity index (χ0) is 11.3. The van der Waals surface area contributed by atoms with Gasteiger partial charge in [0.15, 0.2) is 0 Å². The van der Waals surface area contributed by atoms with Gasteiger partial charge in [0.2, 0.25) is 0 Å². The Morgan fingerprint density at radius 3 is 2.80 bits per heavy atom. The molecule has 0 spiro atoms. The summed E-state index contributed by atoms with van der Waals surface area (Å²) in [5.74, 6) is 3.64. The highest BCUT2D eigenvalue weighted by Crippen LogP contribution is 2.09. The van der Waals surface area contributed by atoms with E-state index in [2.05, 4.69) is 27.8 Å². The summed E-state index contributed by atoms with van der Waals surface area (Å²) in [7, 11) is 0. The van der Waals surface area contributed by atoms with E-state index in [1.165, 1.54) is 12.1 Å². The van der Waals surface area contributed by atoms with Gasteiger partial charge in [0, 0.05) is 11.8 Å². The standard InChI is InChI=1S/C11H8BrFO2/c12-6-2-1-3-8-4-5-9(11(14)15)7-10(8)13/h4-5,7H,2,6H2,(H,14,15). The van der Waals surface area contributed by atoms with Crippen LogP contribution in [0.25, 0.3) is 0 Å². The molecule has 0 fully saturated rings. The van der Waals surface area contributed by atoms with Crippen LogP contribution in [0, 0.1) is 17.7 Å². The largest absolute Gasteiger partial charge is 0.478 e. The first kappa shape index (κ1) is 11.7. The van der Waals surface area contributed by atoms with Gasteiger partial charge in [-0.05, 0) is 18.2 Å². The Labute approximate surface area is 95.2 Å². The van der Waals surface area contributed by atoms with Gasteiger partial charge in [-0.1, -0.05) is 27.8 Å². The van der Waals surface area contributed by atoms with Crippen molar-refractivity contribution in [3.8, 4) is 11.8 Å². The molecule has 15 heavy (non-hydrogen) atoms. The summed E-state index contributed by atoms with van der Waals surface area (Å²) in [6, 6.07) is 3.68. The van der Waals surface area contributed by atoms with Crippen LogP contribution in [0.4, 0.5) is 4.39 Å². The lowest BCUT2D eigenvalue weighted by Crippen LogP contribution is -1.97. The number of rotatable bonds is 2. The summed E-state index contributed by atoms with van der Waals surface area (Å²) in [5, 5.41) is 9.34. The summed E-state index contributed by atoms with van der Waals surface area (Å²) in [5.41, 5.74) is 0.152. The average Bonchev–Trinajstić information content (AvgIpc) is 2.20. The van der Waals surface area contributed by atoms with E-state index < -0.39 is 11.8 Å². The van der Waals surface area contributed by atoms with E-state index in [0.717, 1.165) is 11.4 Å². The lowest BCUT2D eigenvalue weighted by molar-refractivity contribution is 0.0696. The van der Waals surface area contributed by atoms with Gasteiger partial charge >= 0.3 is 5.97 Å². The van der Waals surface area contributed by atoms with Crippen molar-refractivity contribution in [3.63, 3.8) is 0 Å². The quantitative estimate of drug-likeness (QED) is 0.663. The second kappa shape index (κ2) is 5.52. The summed E-state index contributed by atoms with van der Waals surface area (Å²) >= 11 is 3.20. The highest BCUT2D eigenvalue weighted by atomic mass is 79.9. The fourth-order valence-electron chi connectivity index (χ4n) is 0.954. The average molecular weight is 271 g/mol. The van der Waals surface area contributed by atoms with Gasteiger partial charge in [0.1, 0.15) is 5.82 Å². The van der Waals surface area contributed by atoms with E-state index in [4.69, 9.17) is 5.11 Å². The van der Waals surface area contributed by atoms with E-state index in [1.807, 2.05) is 0 Å². The number of carboxylic acid groups (broad SMARTS) is 1. The lowest BCUT2D eigenvalue weighted by atomic mass is 10.1. The Balaban J connectivity index is 2.95. The minimum atomic E-state index is -1.14. The molecule has 0 aliphatic carbocycles. The van der Waals surface area contributed by atoms with E-state index >= 15 is 0 Å². The molecule has 0 unspecified atom stereocenters. The van der Waals surface area contributed by atoms with Gasteiger partial charge in [0.25, 0.3) is 0 Å². The number of carboxylic acids is 1. The molecule has 0 aromatic heterocycles. The molecular weight excluding hydrogens is 263 g/mol. The molecule has 1 N–H and O–H groups in total. The summed E-state index contributed by atoms with van der Waals surface area (Å²) in [6.07, 6.45) is 0.625. The van der Waals surface area contributed by atoms with Crippen molar-refractivity contribution < 1.29 is 14.3 Å². The normalized spacial score (nSPS) is 9.20. The maximum Gasteiger partial charge on any atom is 0.335 e. The zero-order valence-electron chi connectivity index (χ0n) is 7.76. The Morgan fingerprint density at radius 2 is 2.27 bits per heavy atom. The van der Waals surface area contributed by atoms with Crippen molar-refractivity contribution >= 4 is 21.9 Å². The van der Waals surface area contributed by atoms with Gasteiger partial charge in [-0.15, -0.1) is 0 Å². The molecule has 0 amide bonds. The summed E-state index contributed by atoms with van der Waals surface area (Å²) < 4.78 is 13.3. The fraction of sp³-hybridized carbons (Fsp3) is 0.182. The van der Waals surface area contributed by atoms with Crippen molar-refractivity contribution in [1.82, 2.24) is 0 Å². The predicted molar refractivity (Wildman–Crippen MR) is 58.6 cm³/mol. The summed E-state index contributed by atoms with van der Waals surface area (Å²) in [6.45, 7) is 0. The first-order valence-corrected chi connectivity index (χ1v) is 5.35. The molecule has 1 aromatic carbocycles. The van der Waals surface area contributed by atoms with Gasteiger partial charge in [-0.2, -0.15) is 0 Å². The highest BCUT2D eigenvalue weighted by molar-refractivity contribution is 9.09. The van der Waals surface area contributed by atoms with Crippen LogP contribution in [0.2, 0.25) is 0 Å². The van der Waals surface area contributed by atoms with Crippen LogP contribution in [0.3, 0.4) is 0 Å². The molecule has 4 heteroatoms. The highest BCUT2D eigenvalue weighted by Gasteiger charge is 2.06. The third kappa shape index (κ3) is 3.37. The third-order valence-electron chi connectivity index (χ3n) is 1.66. The fourth-order valence-corrected chi connectivity index (χ4v) is 1.15. The van der Waals surface area contributed by atoms with Crippen molar-refractivity contribution in [3.05, 3.63) is 35.1 Å². The number of aromatic carboxylic acids is 1. The van der Waals surface area contributed by atoms with Crippen molar-refractivity contribution in [2.75, 3.05) is 5.33 Å². The smallest absolute Gasteiger partial charge is 0.335 e. The molecule has 1 rings (SSSR count). The molecular formula is C11H8BrFO2. The molecule has 0 aliphatic rings. The minimum Gasteiger partial charge on any atom is -0.478 e. The summed E-state index contributed by atoms with van der Waals surface area (Å²) in [4.78, 5) is 10.5. The van der Waals surface area contributed by atoms with Gasteiger partial charge in [-0.25, -0.2) is 9.18 Å². The number of hydrogen-bond donors (Lipinski definition) is 1. The van der Waals surface area contributed by atoms with Crippen LogP contribution in [0.1, 0.15) is 22.3 Å². The van der Waals surface area contributed by atoms with Gasteiger partial charge in [0.05, 0.1) is 11.1 Å². The van der Waals surface area contributed by atoms with E-state index in [1.54, 1.807) is 0 Å². The second-order valence-electron chi connectivity index (χ2n) is 2.74. The molecule has 1 aromatic rings. The third-order valence-corrected chi connectivity index (χ3v) is 2.06. The van der Waals surface area contributed by atoms with Crippen LogP contribution in [0.15, 0.2) is 18.2 Å². The maximum atomic E-state index is 13.3. The van der Waals surface area contributed by atoms with Crippen LogP contribution in [0.5, 0.6) is 0 Å². The monoisotopic (exact) mass is 270 g/mol. The number of halogens is 2. The molecule has 0 radical (unpaired) electrons. The molecule has 78 valence electrons.